The molecule has 140 valence electrons. The average Bonchev–Trinajstić information content (AvgIpc) is 3.09. The van der Waals surface area contributed by atoms with Gasteiger partial charge in [0.1, 0.15) is 5.75 Å². The molecule has 0 aliphatic carbocycles. The molecule has 0 atom stereocenters. The van der Waals surface area contributed by atoms with E-state index >= 15 is 0 Å². The van der Waals surface area contributed by atoms with Gasteiger partial charge in [0.2, 0.25) is 0 Å². The number of rotatable bonds is 5. The molecule has 0 saturated carbocycles. The molecule has 0 N–H and O–H groups in total. The Morgan fingerprint density at radius 2 is 2.00 bits per heavy atom. The second kappa shape index (κ2) is 8.54. The Bertz CT molecular complexity index is 859. The molecule has 1 amide bonds. The first kappa shape index (κ1) is 18.7. The number of hydrogen-bond donors (Lipinski definition) is 0. The fourth-order valence-electron chi connectivity index (χ4n) is 3.14. The molecule has 1 aliphatic rings. The summed E-state index contributed by atoms with van der Waals surface area (Å²) in [5.74, 6) is 0.535. The van der Waals surface area contributed by atoms with Gasteiger partial charge >= 0.3 is 6.09 Å². The zero-order chi connectivity index (χ0) is 19.2. The van der Waals surface area contributed by atoms with E-state index in [2.05, 4.69) is 22.0 Å². The minimum absolute atomic E-state index is 0.407. The fourth-order valence-corrected chi connectivity index (χ4v) is 3.14. The second-order valence-corrected chi connectivity index (χ2v) is 6.39. The maximum absolute atomic E-state index is 12.5. The molecule has 1 aliphatic heterocycles. The predicted molar refractivity (Wildman–Crippen MR) is 111 cm³/mol. The van der Waals surface area contributed by atoms with Crippen molar-refractivity contribution in [1.82, 2.24) is 0 Å². The van der Waals surface area contributed by atoms with Crippen LogP contribution in [0.3, 0.4) is 0 Å². The molecule has 2 aromatic carbocycles. The molecule has 0 radical (unpaired) electrons. The standard InChI is InChI=1S/C22H25N3O2/c1-4-18(23-5-2)16-25-14-13-17-11-12-19(15-21(17)25)24(3)22(26)27-20-9-7-6-8-10-20/h4-12,15H,13-14,16H2,1-3H3/b18-4-,23-5?. The first-order valence-corrected chi connectivity index (χ1v) is 9.14. The van der Waals surface area contributed by atoms with Gasteiger partial charge in [0.05, 0.1) is 12.2 Å². The van der Waals surface area contributed by atoms with Crippen molar-refractivity contribution in [3.63, 3.8) is 0 Å². The molecule has 5 heteroatoms. The SMILES string of the molecule is CC=N/C(=C\C)CN1CCc2ccc(N(C)C(=O)Oc3ccccc3)cc21. The van der Waals surface area contributed by atoms with Crippen LogP contribution in [-0.2, 0) is 6.42 Å². The highest BCUT2D eigenvalue weighted by Gasteiger charge is 2.22. The van der Waals surface area contributed by atoms with E-state index in [0.29, 0.717) is 5.75 Å². The Morgan fingerprint density at radius 3 is 2.70 bits per heavy atom. The summed E-state index contributed by atoms with van der Waals surface area (Å²) in [5.41, 5.74) is 4.28. The Labute approximate surface area is 160 Å². The number of hydrogen-bond acceptors (Lipinski definition) is 4. The number of benzene rings is 2. The number of fused-ring (bicyclic) bond motifs is 1. The minimum atomic E-state index is -0.407. The molecule has 1 heterocycles. The highest BCUT2D eigenvalue weighted by atomic mass is 16.6. The van der Waals surface area contributed by atoms with E-state index in [1.165, 1.54) is 10.5 Å². The quantitative estimate of drug-likeness (QED) is 0.725. The normalized spacial score (nSPS) is 13.7. The molecule has 0 fully saturated rings. The van der Waals surface area contributed by atoms with Gasteiger partial charge in [0.25, 0.3) is 0 Å². The van der Waals surface area contributed by atoms with Gasteiger partial charge in [-0.3, -0.25) is 9.89 Å². The van der Waals surface area contributed by atoms with E-state index in [9.17, 15) is 4.79 Å². The van der Waals surface area contributed by atoms with Crippen molar-refractivity contribution >= 4 is 23.7 Å². The van der Waals surface area contributed by atoms with Crippen molar-refractivity contribution in [3.8, 4) is 5.75 Å². The number of para-hydroxylation sites is 1. The number of amides is 1. The molecule has 0 unspecified atom stereocenters. The zero-order valence-corrected chi connectivity index (χ0v) is 16.1. The van der Waals surface area contributed by atoms with Gasteiger partial charge in [-0.05, 0) is 50.1 Å². The highest BCUT2D eigenvalue weighted by molar-refractivity contribution is 5.89. The van der Waals surface area contributed by atoms with E-state index in [-0.39, 0.29) is 0 Å². The molecule has 0 saturated heterocycles. The topological polar surface area (TPSA) is 45.1 Å². The summed E-state index contributed by atoms with van der Waals surface area (Å²) in [7, 11) is 1.73. The summed E-state index contributed by atoms with van der Waals surface area (Å²) >= 11 is 0. The van der Waals surface area contributed by atoms with E-state index in [0.717, 1.165) is 36.6 Å². The van der Waals surface area contributed by atoms with Crippen molar-refractivity contribution in [2.24, 2.45) is 4.99 Å². The molecule has 0 aromatic heterocycles. The van der Waals surface area contributed by atoms with Gasteiger partial charge in [-0.2, -0.15) is 0 Å². The van der Waals surface area contributed by atoms with Crippen LogP contribution in [0.1, 0.15) is 19.4 Å². The summed E-state index contributed by atoms with van der Waals surface area (Å²) in [6.45, 7) is 5.64. The molecule has 27 heavy (non-hydrogen) atoms. The number of ether oxygens (including phenoxy) is 1. The van der Waals surface area contributed by atoms with Crippen molar-refractivity contribution in [2.45, 2.75) is 20.3 Å². The van der Waals surface area contributed by atoms with E-state index in [1.807, 2.05) is 50.4 Å². The number of carbonyl (C=O) groups is 1. The lowest BCUT2D eigenvalue weighted by Gasteiger charge is -2.22. The van der Waals surface area contributed by atoms with Crippen LogP contribution in [0.15, 0.2) is 65.3 Å². The van der Waals surface area contributed by atoms with E-state index < -0.39 is 6.09 Å². The predicted octanol–water partition coefficient (Wildman–Crippen LogP) is 4.68. The van der Waals surface area contributed by atoms with Gasteiger partial charge in [-0.25, -0.2) is 4.79 Å². The van der Waals surface area contributed by atoms with Crippen LogP contribution < -0.4 is 14.5 Å². The second-order valence-electron chi connectivity index (χ2n) is 6.39. The molecular formula is C22H25N3O2. The monoisotopic (exact) mass is 363 g/mol. The van der Waals surface area contributed by atoms with Crippen molar-refractivity contribution in [2.75, 3.05) is 29.9 Å². The lowest BCUT2D eigenvalue weighted by molar-refractivity contribution is 0.209. The third-order valence-electron chi connectivity index (χ3n) is 4.65. The Balaban J connectivity index is 1.76. The summed E-state index contributed by atoms with van der Waals surface area (Å²) in [6.07, 6.45) is 4.44. The molecule has 0 bridgehead atoms. The number of anilines is 2. The summed E-state index contributed by atoms with van der Waals surface area (Å²) in [6, 6.07) is 15.2. The Hall–Kier alpha value is -3.08. The third-order valence-corrected chi connectivity index (χ3v) is 4.65. The number of nitrogens with zero attached hydrogens (tertiary/aromatic N) is 3. The van der Waals surface area contributed by atoms with Crippen molar-refractivity contribution in [3.05, 3.63) is 65.9 Å². The molecule has 3 rings (SSSR count). The Morgan fingerprint density at radius 1 is 1.22 bits per heavy atom. The number of allylic oxidation sites excluding steroid dienone is 1. The van der Waals surface area contributed by atoms with Gasteiger partial charge < -0.3 is 9.64 Å². The van der Waals surface area contributed by atoms with Crippen LogP contribution in [0, 0.1) is 0 Å². The first-order valence-electron chi connectivity index (χ1n) is 9.14. The summed E-state index contributed by atoms with van der Waals surface area (Å²) in [5, 5.41) is 0. The number of carbonyl (C=O) groups excluding carboxylic acids is 1. The lowest BCUT2D eigenvalue weighted by Crippen LogP contribution is -2.29. The molecule has 5 nitrogen and oxygen atoms in total. The lowest BCUT2D eigenvalue weighted by atomic mass is 10.1. The zero-order valence-electron chi connectivity index (χ0n) is 16.1. The molecular weight excluding hydrogens is 338 g/mol. The van der Waals surface area contributed by atoms with Crippen molar-refractivity contribution in [1.29, 1.82) is 0 Å². The van der Waals surface area contributed by atoms with Crippen LogP contribution in [0.4, 0.5) is 16.2 Å². The van der Waals surface area contributed by atoms with Crippen LogP contribution in [0.25, 0.3) is 0 Å². The van der Waals surface area contributed by atoms with Crippen LogP contribution >= 0.6 is 0 Å². The summed E-state index contributed by atoms with van der Waals surface area (Å²) in [4.78, 5) is 20.7. The third kappa shape index (κ3) is 4.37. The smallest absolute Gasteiger partial charge is 0.410 e. The van der Waals surface area contributed by atoms with Crippen LogP contribution in [-0.4, -0.2) is 32.4 Å². The highest BCUT2D eigenvalue weighted by Crippen LogP contribution is 2.32. The molecule has 2 aromatic rings. The van der Waals surface area contributed by atoms with Crippen molar-refractivity contribution < 1.29 is 9.53 Å². The largest absolute Gasteiger partial charge is 0.419 e. The van der Waals surface area contributed by atoms with Gasteiger partial charge in [-0.1, -0.05) is 30.3 Å². The van der Waals surface area contributed by atoms with E-state index in [1.54, 1.807) is 19.2 Å². The fraction of sp³-hybridized carbons (Fsp3) is 0.273. The average molecular weight is 363 g/mol. The maximum atomic E-state index is 12.5. The molecule has 0 spiro atoms. The van der Waals surface area contributed by atoms with Crippen LogP contribution in [0.5, 0.6) is 5.75 Å². The summed E-state index contributed by atoms with van der Waals surface area (Å²) < 4.78 is 5.44. The van der Waals surface area contributed by atoms with Crippen LogP contribution in [0.2, 0.25) is 0 Å². The van der Waals surface area contributed by atoms with Gasteiger partial charge in [0, 0.05) is 31.2 Å². The van der Waals surface area contributed by atoms with E-state index in [4.69, 9.17) is 4.74 Å². The number of aliphatic imine (C=N–C) groups is 1. The van der Waals surface area contributed by atoms with Gasteiger partial charge in [-0.15, -0.1) is 0 Å². The Kier molecular flexibility index (Phi) is 5.91. The van der Waals surface area contributed by atoms with Gasteiger partial charge in [0.15, 0.2) is 0 Å². The maximum Gasteiger partial charge on any atom is 0.419 e. The minimum Gasteiger partial charge on any atom is -0.410 e. The first-order chi connectivity index (χ1) is 13.1.